The second-order valence-corrected chi connectivity index (χ2v) is 9.55. The quantitative estimate of drug-likeness (QED) is 0.235. The highest BCUT2D eigenvalue weighted by atomic mass is 127. The predicted molar refractivity (Wildman–Crippen MR) is 125 cm³/mol. The summed E-state index contributed by atoms with van der Waals surface area (Å²) in [6, 6.07) is 6.99. The number of fused-ring (bicyclic) bond motifs is 2. The molecule has 3 aromatic rings. The fourth-order valence-corrected chi connectivity index (χ4v) is 5.53. The Balaban J connectivity index is 1.47. The molecule has 0 saturated heterocycles. The van der Waals surface area contributed by atoms with Crippen LogP contribution in [0.5, 0.6) is 0 Å². The minimum absolute atomic E-state index is 0.224. The van der Waals surface area contributed by atoms with Crippen LogP contribution in [-0.4, -0.2) is 54.5 Å². The molecule has 2 saturated carbocycles. The van der Waals surface area contributed by atoms with Crippen molar-refractivity contribution in [2.45, 2.75) is 38.1 Å². The zero-order valence-electron chi connectivity index (χ0n) is 17.1. The lowest BCUT2D eigenvalue weighted by Gasteiger charge is -2.23. The number of nitrogens with zero attached hydrogens (tertiary/aromatic N) is 4. The van der Waals surface area contributed by atoms with E-state index in [1.807, 2.05) is 46.9 Å². The first-order valence-electron chi connectivity index (χ1n) is 10.3. The summed E-state index contributed by atoms with van der Waals surface area (Å²) in [6.45, 7) is 2.44. The highest BCUT2D eigenvalue weighted by Gasteiger charge is 2.76. The molecule has 0 spiro atoms. The van der Waals surface area contributed by atoms with Gasteiger partial charge in [0, 0.05) is 40.1 Å². The van der Waals surface area contributed by atoms with Gasteiger partial charge in [-0.1, -0.05) is 23.7 Å². The van der Waals surface area contributed by atoms with Crippen molar-refractivity contribution in [3.63, 3.8) is 0 Å². The molecule has 0 aliphatic heterocycles. The number of carbonyl (C=O) groups is 1. The highest BCUT2D eigenvalue weighted by Crippen LogP contribution is 2.68. The normalized spacial score (nSPS) is 28.5. The van der Waals surface area contributed by atoms with Crippen LogP contribution in [0.15, 0.2) is 30.6 Å². The van der Waals surface area contributed by atoms with Crippen molar-refractivity contribution in [2.24, 2.45) is 11.3 Å². The van der Waals surface area contributed by atoms with E-state index in [1.165, 1.54) is 0 Å². The Morgan fingerprint density at radius 2 is 2.22 bits per heavy atom. The summed E-state index contributed by atoms with van der Waals surface area (Å²) in [5, 5.41) is 25.4. The van der Waals surface area contributed by atoms with Gasteiger partial charge in [0.1, 0.15) is 11.5 Å². The molecule has 168 valence electrons. The molecular weight excluding hydrogens is 549 g/mol. The molecule has 1 aromatic carbocycles. The third-order valence-corrected chi connectivity index (χ3v) is 7.11. The zero-order chi connectivity index (χ0) is 22.6. The van der Waals surface area contributed by atoms with Gasteiger partial charge in [-0.25, -0.2) is 15.0 Å². The highest BCUT2D eigenvalue weighted by molar-refractivity contribution is 14.1. The second kappa shape index (κ2) is 8.08. The number of halogens is 2. The average Bonchev–Trinajstić information content (AvgIpc) is 3.30. The Bertz CT molecular complexity index is 1210. The molecule has 2 fully saturated rings. The smallest absolute Gasteiger partial charge is 0.315 e. The number of anilines is 1. The monoisotopic (exact) mass is 569 g/mol. The van der Waals surface area contributed by atoms with Gasteiger partial charge in [0.15, 0.2) is 20.8 Å². The summed E-state index contributed by atoms with van der Waals surface area (Å²) >= 11 is 8.10. The van der Waals surface area contributed by atoms with Crippen LogP contribution in [0.4, 0.5) is 5.82 Å². The van der Waals surface area contributed by atoms with E-state index in [9.17, 15) is 15.0 Å². The van der Waals surface area contributed by atoms with E-state index < -0.39 is 29.6 Å². The molecule has 32 heavy (non-hydrogen) atoms. The van der Waals surface area contributed by atoms with Crippen molar-refractivity contribution >= 4 is 57.1 Å². The molecular formula is C21H21ClIN5O4. The SMILES string of the molecule is CCOC(=O)[C@@]12C[C@@H]1[C@H](n1cnc3c(NCc4cccc(Cl)c4)nc(I)nc31)[C@H](O)[C@@H]2O. The standard InChI is InChI=1S/C21H21ClIN5O4/c1-2-32-19(31)21-7-12(21)14(15(29)16(21)30)28-9-25-13-17(26-20(23)27-18(13)28)24-8-10-4-3-5-11(22)6-10/h3-6,9,12,14-16,29-30H,2,7-8H2,1H3,(H,24,26,27)/t12-,14+,15+,16+,21+/m1/s1. The van der Waals surface area contributed by atoms with E-state index in [0.29, 0.717) is 38.8 Å². The minimum atomic E-state index is -1.20. The third-order valence-electron chi connectivity index (χ3n) is 6.39. The van der Waals surface area contributed by atoms with Crippen LogP contribution in [0.3, 0.4) is 0 Å². The number of esters is 1. The van der Waals surface area contributed by atoms with Gasteiger partial charge in [0.2, 0.25) is 0 Å². The van der Waals surface area contributed by atoms with Crippen LogP contribution in [0.25, 0.3) is 11.2 Å². The number of hydrogen-bond acceptors (Lipinski definition) is 8. The fourth-order valence-electron chi connectivity index (χ4n) is 4.84. The predicted octanol–water partition coefficient (Wildman–Crippen LogP) is 2.54. The summed E-state index contributed by atoms with van der Waals surface area (Å²) in [6.07, 6.45) is -0.294. The number of nitrogens with one attached hydrogen (secondary N) is 1. The molecule has 0 unspecified atom stereocenters. The Morgan fingerprint density at radius 1 is 1.41 bits per heavy atom. The van der Waals surface area contributed by atoms with Crippen molar-refractivity contribution in [1.29, 1.82) is 0 Å². The van der Waals surface area contributed by atoms with Gasteiger partial charge in [-0.3, -0.25) is 4.79 Å². The van der Waals surface area contributed by atoms with E-state index in [1.54, 1.807) is 17.8 Å². The zero-order valence-corrected chi connectivity index (χ0v) is 20.0. The lowest BCUT2D eigenvalue weighted by molar-refractivity contribution is -0.156. The number of rotatable bonds is 6. The van der Waals surface area contributed by atoms with Gasteiger partial charge in [-0.2, -0.15) is 0 Å². The molecule has 0 radical (unpaired) electrons. The van der Waals surface area contributed by atoms with Gasteiger partial charge in [0.05, 0.1) is 25.1 Å². The first-order chi connectivity index (χ1) is 15.4. The number of aliphatic hydroxyl groups excluding tert-OH is 2. The number of imidazole rings is 1. The second-order valence-electron chi connectivity index (χ2n) is 8.15. The van der Waals surface area contributed by atoms with Crippen LogP contribution >= 0.6 is 34.2 Å². The van der Waals surface area contributed by atoms with Gasteiger partial charge < -0.3 is 24.8 Å². The third kappa shape index (κ3) is 3.35. The Morgan fingerprint density at radius 3 is 2.97 bits per heavy atom. The number of carbonyl (C=O) groups excluding carboxylic acids is 1. The van der Waals surface area contributed by atoms with Gasteiger partial charge in [0.25, 0.3) is 0 Å². The van der Waals surface area contributed by atoms with E-state index in [0.717, 1.165) is 5.56 Å². The molecule has 2 aliphatic rings. The molecule has 0 bridgehead atoms. The molecule has 5 rings (SSSR count). The number of benzene rings is 1. The fraction of sp³-hybridized carbons (Fsp3) is 0.429. The van der Waals surface area contributed by atoms with Crippen molar-refractivity contribution < 1.29 is 19.7 Å². The van der Waals surface area contributed by atoms with Crippen LogP contribution in [0, 0.1) is 15.2 Å². The maximum atomic E-state index is 12.5. The number of ether oxygens (including phenoxy) is 1. The molecule has 2 aromatic heterocycles. The Hall–Kier alpha value is -2.02. The van der Waals surface area contributed by atoms with Gasteiger partial charge in [-0.05, 0) is 31.0 Å². The maximum Gasteiger partial charge on any atom is 0.315 e. The van der Waals surface area contributed by atoms with Crippen molar-refractivity contribution in [1.82, 2.24) is 19.5 Å². The van der Waals surface area contributed by atoms with E-state index in [4.69, 9.17) is 16.3 Å². The van der Waals surface area contributed by atoms with Gasteiger partial charge >= 0.3 is 5.97 Å². The van der Waals surface area contributed by atoms with Crippen molar-refractivity contribution in [2.75, 3.05) is 11.9 Å². The lowest BCUT2D eigenvalue weighted by atomic mass is 9.99. The maximum absolute atomic E-state index is 12.5. The molecule has 2 heterocycles. The van der Waals surface area contributed by atoms with E-state index in [-0.39, 0.29) is 12.5 Å². The average molecular weight is 570 g/mol. The Kier molecular flexibility index (Phi) is 5.51. The summed E-state index contributed by atoms with van der Waals surface area (Å²) in [5.74, 6) is -0.158. The van der Waals surface area contributed by atoms with Crippen LogP contribution < -0.4 is 5.32 Å². The number of aliphatic hydroxyl groups is 2. The number of hydrogen-bond donors (Lipinski definition) is 3. The first kappa shape index (κ1) is 21.8. The first-order valence-corrected chi connectivity index (χ1v) is 11.7. The summed E-state index contributed by atoms with van der Waals surface area (Å²) in [5.41, 5.74) is 0.999. The van der Waals surface area contributed by atoms with Crippen LogP contribution in [0.1, 0.15) is 24.9 Å². The molecule has 2 aliphatic carbocycles. The molecule has 11 heteroatoms. The summed E-state index contributed by atoms with van der Waals surface area (Å²) in [4.78, 5) is 26.0. The minimum Gasteiger partial charge on any atom is -0.465 e. The summed E-state index contributed by atoms with van der Waals surface area (Å²) < 4.78 is 7.43. The molecule has 3 N–H and O–H groups in total. The van der Waals surface area contributed by atoms with E-state index >= 15 is 0 Å². The largest absolute Gasteiger partial charge is 0.465 e. The topological polar surface area (TPSA) is 122 Å². The van der Waals surface area contributed by atoms with Crippen molar-refractivity contribution in [3.05, 3.63) is 45.0 Å². The van der Waals surface area contributed by atoms with E-state index in [2.05, 4.69) is 20.3 Å². The molecule has 0 amide bonds. The van der Waals surface area contributed by atoms with Crippen LogP contribution in [0.2, 0.25) is 5.02 Å². The lowest BCUT2D eigenvalue weighted by Crippen LogP contribution is -2.38. The molecule has 5 atom stereocenters. The van der Waals surface area contributed by atoms with Crippen molar-refractivity contribution in [3.8, 4) is 0 Å². The number of aromatic nitrogens is 4. The van der Waals surface area contributed by atoms with Crippen LogP contribution in [-0.2, 0) is 16.1 Å². The molecule has 9 nitrogen and oxygen atoms in total. The summed E-state index contributed by atoms with van der Waals surface area (Å²) in [7, 11) is 0. The van der Waals surface area contributed by atoms with Gasteiger partial charge in [-0.15, -0.1) is 0 Å². The Labute approximate surface area is 202 Å².